The fourth-order valence-corrected chi connectivity index (χ4v) is 4.42. The molecule has 1 N–H and O–H groups in total. The van der Waals surface area contributed by atoms with E-state index in [-0.39, 0.29) is 30.5 Å². The van der Waals surface area contributed by atoms with Crippen LogP contribution in [0.2, 0.25) is 0 Å². The Kier molecular flexibility index (Phi) is 8.43. The SMILES string of the molecule is COC1CCC(CN2OC(C#N)C(Cl)CC2C(=O)Nc2ccc(=O)n(CCF)c2)CC1. The fourth-order valence-electron chi connectivity index (χ4n) is 4.15. The van der Waals surface area contributed by atoms with Gasteiger partial charge < -0.3 is 14.6 Å². The number of rotatable bonds is 7. The Morgan fingerprint density at radius 3 is 2.77 bits per heavy atom. The lowest BCUT2D eigenvalue weighted by Crippen LogP contribution is -2.54. The number of amides is 1. The largest absolute Gasteiger partial charge is 0.381 e. The number of nitriles is 1. The first kappa shape index (κ1) is 23.7. The van der Waals surface area contributed by atoms with Gasteiger partial charge in [0, 0.05) is 25.9 Å². The molecule has 31 heavy (non-hydrogen) atoms. The molecule has 2 aliphatic rings. The van der Waals surface area contributed by atoms with Crippen LogP contribution in [-0.4, -0.2) is 59.5 Å². The molecule has 1 amide bonds. The lowest BCUT2D eigenvalue weighted by atomic mass is 9.87. The van der Waals surface area contributed by atoms with E-state index < -0.39 is 24.2 Å². The number of carbonyl (C=O) groups is 1. The molecule has 3 unspecified atom stereocenters. The average molecular weight is 455 g/mol. The van der Waals surface area contributed by atoms with Crippen LogP contribution in [0.3, 0.4) is 0 Å². The molecule has 0 radical (unpaired) electrons. The van der Waals surface area contributed by atoms with Gasteiger partial charge in [-0.15, -0.1) is 11.6 Å². The summed E-state index contributed by atoms with van der Waals surface area (Å²) >= 11 is 6.30. The van der Waals surface area contributed by atoms with Gasteiger partial charge >= 0.3 is 0 Å². The summed E-state index contributed by atoms with van der Waals surface area (Å²) in [5.41, 5.74) is 0.0368. The Morgan fingerprint density at radius 2 is 2.13 bits per heavy atom. The molecule has 10 heteroatoms. The molecule has 1 saturated heterocycles. The van der Waals surface area contributed by atoms with E-state index in [1.807, 2.05) is 0 Å². The summed E-state index contributed by atoms with van der Waals surface area (Å²) < 4.78 is 19.3. The Hall–Kier alpha value is -1.99. The van der Waals surface area contributed by atoms with Crippen molar-refractivity contribution in [1.82, 2.24) is 9.63 Å². The minimum Gasteiger partial charge on any atom is -0.381 e. The molecule has 1 aliphatic heterocycles. The summed E-state index contributed by atoms with van der Waals surface area (Å²) in [7, 11) is 1.72. The van der Waals surface area contributed by atoms with Crippen LogP contribution in [0, 0.1) is 17.2 Å². The summed E-state index contributed by atoms with van der Waals surface area (Å²) in [5.74, 6) is -0.0301. The van der Waals surface area contributed by atoms with Crippen molar-refractivity contribution in [3.8, 4) is 6.07 Å². The van der Waals surface area contributed by atoms with Crippen molar-refractivity contribution in [3.05, 3.63) is 28.7 Å². The monoisotopic (exact) mass is 454 g/mol. The van der Waals surface area contributed by atoms with Gasteiger partial charge in [0.05, 0.1) is 29.8 Å². The van der Waals surface area contributed by atoms with Gasteiger partial charge in [-0.3, -0.25) is 14.4 Å². The van der Waals surface area contributed by atoms with Crippen molar-refractivity contribution in [2.45, 2.75) is 62.3 Å². The maximum atomic E-state index is 13.1. The molecule has 170 valence electrons. The van der Waals surface area contributed by atoms with E-state index in [9.17, 15) is 19.2 Å². The number of carbonyl (C=O) groups excluding carboxylic acids is 1. The molecule has 3 rings (SSSR count). The van der Waals surface area contributed by atoms with Crippen molar-refractivity contribution in [2.75, 3.05) is 25.6 Å². The van der Waals surface area contributed by atoms with Crippen LogP contribution in [0.1, 0.15) is 32.1 Å². The number of hydrogen-bond donors (Lipinski definition) is 1. The number of ether oxygens (including phenoxy) is 1. The zero-order valence-corrected chi connectivity index (χ0v) is 18.3. The summed E-state index contributed by atoms with van der Waals surface area (Å²) in [5, 5.41) is 13.1. The number of hydroxylamine groups is 2. The van der Waals surface area contributed by atoms with Crippen LogP contribution in [0.5, 0.6) is 0 Å². The summed E-state index contributed by atoms with van der Waals surface area (Å²) in [6.07, 6.45) is 4.89. The Labute approximate surface area is 185 Å². The van der Waals surface area contributed by atoms with Gasteiger partial charge in [-0.1, -0.05) is 0 Å². The van der Waals surface area contributed by atoms with Gasteiger partial charge in [0.1, 0.15) is 12.7 Å². The summed E-state index contributed by atoms with van der Waals surface area (Å²) in [6, 6.07) is 4.13. The van der Waals surface area contributed by atoms with Crippen molar-refractivity contribution in [3.63, 3.8) is 0 Å². The van der Waals surface area contributed by atoms with Crippen LogP contribution in [0.15, 0.2) is 23.1 Å². The lowest BCUT2D eigenvalue weighted by Gasteiger charge is -2.40. The predicted octanol–water partition coefficient (Wildman–Crippen LogP) is 2.47. The van der Waals surface area contributed by atoms with E-state index in [2.05, 4.69) is 11.4 Å². The highest BCUT2D eigenvalue weighted by molar-refractivity contribution is 6.21. The molecular formula is C21H28ClFN4O4. The molecule has 1 saturated carbocycles. The molecule has 3 atom stereocenters. The summed E-state index contributed by atoms with van der Waals surface area (Å²) in [6.45, 7) is -0.257. The van der Waals surface area contributed by atoms with E-state index in [1.54, 1.807) is 12.2 Å². The molecule has 1 aromatic heterocycles. The van der Waals surface area contributed by atoms with E-state index in [0.717, 1.165) is 25.7 Å². The highest BCUT2D eigenvalue weighted by atomic mass is 35.5. The Balaban J connectivity index is 1.71. The third-order valence-corrected chi connectivity index (χ3v) is 6.35. The van der Waals surface area contributed by atoms with E-state index in [0.29, 0.717) is 18.2 Å². The smallest absolute Gasteiger partial charge is 0.250 e. The molecule has 2 fully saturated rings. The molecular weight excluding hydrogens is 427 g/mol. The third-order valence-electron chi connectivity index (χ3n) is 5.95. The minimum atomic E-state index is -0.826. The quantitative estimate of drug-likeness (QED) is 0.636. The van der Waals surface area contributed by atoms with Gasteiger partial charge in [0.2, 0.25) is 5.91 Å². The number of pyridine rings is 1. The number of aryl methyl sites for hydroxylation is 1. The standard InChI is InChI=1S/C21H28ClFN4O4/c1-30-16-5-2-14(3-6-16)12-27-18(10-17(22)19(11-24)31-27)21(29)25-15-4-7-20(28)26(13-15)9-8-23/h4,7,13-14,16-19H,2-3,5-6,8-10,12H2,1H3,(H,25,29). The molecule has 1 aromatic rings. The molecule has 0 spiro atoms. The van der Waals surface area contributed by atoms with Crippen LogP contribution >= 0.6 is 11.6 Å². The number of nitrogens with zero attached hydrogens (tertiary/aromatic N) is 3. The second-order valence-corrected chi connectivity index (χ2v) is 8.59. The normalized spacial score (nSPS) is 29.3. The maximum Gasteiger partial charge on any atom is 0.250 e. The zero-order valence-electron chi connectivity index (χ0n) is 17.5. The fraction of sp³-hybridized carbons (Fsp3) is 0.667. The van der Waals surface area contributed by atoms with Gasteiger partial charge in [0.25, 0.3) is 5.56 Å². The van der Waals surface area contributed by atoms with Gasteiger partial charge in [-0.05, 0) is 44.1 Å². The molecule has 2 heterocycles. The molecule has 1 aliphatic carbocycles. The average Bonchev–Trinajstić information content (AvgIpc) is 2.77. The van der Waals surface area contributed by atoms with Crippen LogP contribution in [-0.2, 0) is 20.9 Å². The number of methoxy groups -OCH3 is 1. The van der Waals surface area contributed by atoms with Crippen LogP contribution in [0.25, 0.3) is 0 Å². The van der Waals surface area contributed by atoms with Crippen LogP contribution < -0.4 is 10.9 Å². The van der Waals surface area contributed by atoms with Gasteiger partial charge in [-0.25, -0.2) is 4.39 Å². The first-order chi connectivity index (χ1) is 14.9. The van der Waals surface area contributed by atoms with Crippen molar-refractivity contribution in [1.29, 1.82) is 5.26 Å². The maximum absolute atomic E-state index is 13.1. The van der Waals surface area contributed by atoms with Gasteiger partial charge in [-0.2, -0.15) is 10.3 Å². The minimum absolute atomic E-state index is 0.0844. The van der Waals surface area contributed by atoms with E-state index in [4.69, 9.17) is 21.2 Å². The van der Waals surface area contributed by atoms with Crippen molar-refractivity contribution in [2.24, 2.45) is 5.92 Å². The third kappa shape index (κ3) is 6.04. The number of hydrogen-bond acceptors (Lipinski definition) is 6. The first-order valence-electron chi connectivity index (χ1n) is 10.5. The van der Waals surface area contributed by atoms with E-state index in [1.165, 1.54) is 22.9 Å². The Bertz CT molecular complexity index is 853. The van der Waals surface area contributed by atoms with Crippen molar-refractivity contribution >= 4 is 23.2 Å². The lowest BCUT2D eigenvalue weighted by molar-refractivity contribution is -0.234. The highest BCUT2D eigenvalue weighted by Crippen LogP contribution is 2.31. The van der Waals surface area contributed by atoms with Crippen LogP contribution in [0.4, 0.5) is 10.1 Å². The second-order valence-electron chi connectivity index (χ2n) is 8.03. The first-order valence-corrected chi connectivity index (χ1v) is 11.0. The second kappa shape index (κ2) is 11.0. The number of halogens is 2. The highest BCUT2D eigenvalue weighted by Gasteiger charge is 2.41. The summed E-state index contributed by atoms with van der Waals surface area (Å²) in [4.78, 5) is 30.6. The topological polar surface area (TPSA) is 96.6 Å². The number of anilines is 1. The number of aromatic nitrogens is 1. The molecule has 8 nitrogen and oxygen atoms in total. The predicted molar refractivity (Wildman–Crippen MR) is 113 cm³/mol. The zero-order chi connectivity index (χ0) is 22.4. The Morgan fingerprint density at radius 1 is 1.39 bits per heavy atom. The molecule has 0 bridgehead atoms. The van der Waals surface area contributed by atoms with E-state index >= 15 is 0 Å². The van der Waals surface area contributed by atoms with Gasteiger partial charge in [0.15, 0.2) is 6.10 Å². The molecule has 0 aromatic carbocycles. The number of alkyl halides is 2. The number of nitrogens with one attached hydrogen (secondary N) is 1. The van der Waals surface area contributed by atoms with Crippen molar-refractivity contribution < 1.29 is 18.8 Å².